The molecule has 0 aliphatic rings. The van der Waals surface area contributed by atoms with Gasteiger partial charge in [-0.05, 0) is 30.3 Å². The van der Waals surface area contributed by atoms with E-state index in [-0.39, 0.29) is 22.2 Å². The Hall–Kier alpha value is -1.78. The molecule has 0 spiro atoms. The van der Waals surface area contributed by atoms with Crippen LogP contribution in [0, 0.1) is 5.82 Å². The summed E-state index contributed by atoms with van der Waals surface area (Å²) in [5.41, 5.74) is 0.675. The van der Waals surface area contributed by atoms with Crippen LogP contribution in [0.4, 0.5) is 4.39 Å². The smallest absolute Gasteiger partial charge is 0.335 e. The molecular formula is C14H9Cl2FO3. The second-order valence-corrected chi connectivity index (χ2v) is 4.79. The fraction of sp³-hybridized carbons (Fsp3) is 0.0714. The average Bonchev–Trinajstić information content (AvgIpc) is 2.38. The van der Waals surface area contributed by atoms with Gasteiger partial charge in [0.15, 0.2) is 0 Å². The number of carbonyl (C=O) groups is 1. The highest BCUT2D eigenvalue weighted by Crippen LogP contribution is 2.27. The molecule has 0 amide bonds. The lowest BCUT2D eigenvalue weighted by atomic mass is 10.2. The summed E-state index contributed by atoms with van der Waals surface area (Å²) in [6, 6.07) is 8.12. The van der Waals surface area contributed by atoms with E-state index < -0.39 is 11.8 Å². The number of halogens is 3. The van der Waals surface area contributed by atoms with Crippen molar-refractivity contribution in [2.24, 2.45) is 0 Å². The van der Waals surface area contributed by atoms with Crippen LogP contribution in [0.25, 0.3) is 0 Å². The van der Waals surface area contributed by atoms with Crippen molar-refractivity contribution in [3.8, 4) is 5.75 Å². The van der Waals surface area contributed by atoms with Gasteiger partial charge in [0.2, 0.25) is 0 Å². The zero-order chi connectivity index (χ0) is 14.7. The summed E-state index contributed by atoms with van der Waals surface area (Å²) in [4.78, 5) is 10.8. The van der Waals surface area contributed by atoms with Gasteiger partial charge in [0.25, 0.3) is 0 Å². The minimum absolute atomic E-state index is 0.0714. The van der Waals surface area contributed by atoms with Gasteiger partial charge >= 0.3 is 5.97 Å². The Kier molecular flexibility index (Phi) is 4.47. The predicted octanol–water partition coefficient (Wildman–Crippen LogP) is 4.41. The van der Waals surface area contributed by atoms with Crippen LogP contribution in [0.2, 0.25) is 10.0 Å². The molecule has 20 heavy (non-hydrogen) atoms. The second kappa shape index (κ2) is 6.11. The largest absolute Gasteiger partial charge is 0.487 e. The highest BCUT2D eigenvalue weighted by atomic mass is 35.5. The van der Waals surface area contributed by atoms with Crippen molar-refractivity contribution in [2.75, 3.05) is 0 Å². The van der Waals surface area contributed by atoms with Gasteiger partial charge in [0, 0.05) is 5.56 Å². The third kappa shape index (κ3) is 3.40. The van der Waals surface area contributed by atoms with Gasteiger partial charge in [0.1, 0.15) is 18.2 Å². The highest BCUT2D eigenvalue weighted by molar-refractivity contribution is 6.32. The van der Waals surface area contributed by atoms with Crippen molar-refractivity contribution in [1.29, 1.82) is 0 Å². The molecule has 0 aromatic heterocycles. The maximum atomic E-state index is 12.9. The van der Waals surface area contributed by atoms with Crippen LogP contribution in [-0.2, 0) is 6.61 Å². The Morgan fingerprint density at radius 3 is 2.50 bits per heavy atom. The first kappa shape index (κ1) is 14.6. The van der Waals surface area contributed by atoms with Gasteiger partial charge < -0.3 is 9.84 Å². The lowest BCUT2D eigenvalue weighted by Gasteiger charge is -2.09. The van der Waals surface area contributed by atoms with Gasteiger partial charge in [-0.2, -0.15) is 0 Å². The predicted molar refractivity (Wildman–Crippen MR) is 74.2 cm³/mol. The SMILES string of the molecule is O=C(O)c1ccc(OCc2ccc(F)cc2Cl)c(Cl)c1. The Balaban J connectivity index is 2.13. The summed E-state index contributed by atoms with van der Waals surface area (Å²) < 4.78 is 18.3. The fourth-order valence-electron chi connectivity index (χ4n) is 1.55. The molecule has 0 atom stereocenters. The summed E-state index contributed by atoms with van der Waals surface area (Å²) in [7, 11) is 0. The monoisotopic (exact) mass is 314 g/mol. The molecule has 0 bridgehead atoms. The number of aromatic carboxylic acids is 1. The number of carboxylic acid groups (broad SMARTS) is 1. The van der Waals surface area contributed by atoms with Gasteiger partial charge in [-0.1, -0.05) is 29.3 Å². The van der Waals surface area contributed by atoms with E-state index in [1.54, 1.807) is 0 Å². The topological polar surface area (TPSA) is 46.5 Å². The number of hydrogen-bond donors (Lipinski definition) is 1. The number of ether oxygens (including phenoxy) is 1. The minimum atomic E-state index is -1.07. The lowest BCUT2D eigenvalue weighted by Crippen LogP contribution is -1.99. The first-order valence-corrected chi connectivity index (χ1v) is 6.32. The fourth-order valence-corrected chi connectivity index (χ4v) is 2.00. The van der Waals surface area contributed by atoms with E-state index in [1.807, 2.05) is 0 Å². The standard InChI is InChI=1S/C14H9Cl2FO3/c15-11-6-10(17)3-1-9(11)7-20-13-4-2-8(14(18)19)5-12(13)16/h1-6H,7H2,(H,18,19). The van der Waals surface area contributed by atoms with Crippen molar-refractivity contribution in [3.63, 3.8) is 0 Å². The Labute approximate surface area is 124 Å². The van der Waals surface area contributed by atoms with E-state index in [0.717, 1.165) is 0 Å². The molecule has 0 saturated carbocycles. The number of benzene rings is 2. The average molecular weight is 315 g/mol. The number of rotatable bonds is 4. The second-order valence-electron chi connectivity index (χ2n) is 3.97. The van der Waals surface area contributed by atoms with Crippen molar-refractivity contribution >= 4 is 29.2 Å². The van der Waals surface area contributed by atoms with E-state index in [0.29, 0.717) is 11.3 Å². The molecule has 0 fully saturated rings. The van der Waals surface area contributed by atoms with Gasteiger partial charge in [-0.3, -0.25) is 0 Å². The summed E-state index contributed by atoms with van der Waals surface area (Å²) in [6.07, 6.45) is 0. The Morgan fingerprint density at radius 1 is 1.15 bits per heavy atom. The third-order valence-electron chi connectivity index (χ3n) is 2.58. The van der Waals surface area contributed by atoms with E-state index in [4.69, 9.17) is 33.0 Å². The molecular weight excluding hydrogens is 306 g/mol. The quantitative estimate of drug-likeness (QED) is 0.909. The Bertz CT molecular complexity index is 659. The lowest BCUT2D eigenvalue weighted by molar-refractivity contribution is 0.0697. The first-order chi connectivity index (χ1) is 9.47. The van der Waals surface area contributed by atoms with Crippen molar-refractivity contribution in [3.05, 3.63) is 63.4 Å². The summed E-state index contributed by atoms with van der Waals surface area (Å²) >= 11 is 11.8. The first-order valence-electron chi connectivity index (χ1n) is 5.57. The maximum Gasteiger partial charge on any atom is 0.335 e. The molecule has 1 N–H and O–H groups in total. The van der Waals surface area contributed by atoms with Crippen LogP contribution in [0.1, 0.15) is 15.9 Å². The van der Waals surface area contributed by atoms with E-state index in [2.05, 4.69) is 0 Å². The maximum absolute atomic E-state index is 12.9. The summed E-state index contributed by atoms with van der Waals surface area (Å²) in [5, 5.41) is 9.25. The van der Waals surface area contributed by atoms with Crippen molar-refractivity contribution in [1.82, 2.24) is 0 Å². The molecule has 0 radical (unpaired) electrons. The third-order valence-corrected chi connectivity index (χ3v) is 3.22. The van der Waals surface area contributed by atoms with Crippen LogP contribution in [0.15, 0.2) is 36.4 Å². The number of carboxylic acids is 1. The van der Waals surface area contributed by atoms with Crippen molar-refractivity contribution < 1.29 is 19.0 Å². The van der Waals surface area contributed by atoms with Crippen LogP contribution >= 0.6 is 23.2 Å². The normalized spacial score (nSPS) is 10.3. The molecule has 0 aliphatic carbocycles. The van der Waals surface area contributed by atoms with E-state index >= 15 is 0 Å². The molecule has 0 saturated heterocycles. The number of hydrogen-bond acceptors (Lipinski definition) is 2. The molecule has 2 aromatic carbocycles. The molecule has 2 aromatic rings. The van der Waals surface area contributed by atoms with Gasteiger partial charge in [-0.15, -0.1) is 0 Å². The van der Waals surface area contributed by atoms with Crippen molar-refractivity contribution in [2.45, 2.75) is 6.61 Å². The van der Waals surface area contributed by atoms with Gasteiger partial charge in [0.05, 0.1) is 15.6 Å². The summed E-state index contributed by atoms with van der Waals surface area (Å²) in [5.74, 6) is -1.17. The molecule has 6 heteroatoms. The van der Waals surface area contributed by atoms with Crippen LogP contribution in [0.3, 0.4) is 0 Å². The van der Waals surface area contributed by atoms with E-state index in [9.17, 15) is 9.18 Å². The minimum Gasteiger partial charge on any atom is -0.487 e. The van der Waals surface area contributed by atoms with Crippen LogP contribution in [-0.4, -0.2) is 11.1 Å². The van der Waals surface area contributed by atoms with Gasteiger partial charge in [-0.25, -0.2) is 9.18 Å². The summed E-state index contributed by atoms with van der Waals surface area (Å²) in [6.45, 7) is 0.102. The zero-order valence-corrected chi connectivity index (χ0v) is 11.6. The Morgan fingerprint density at radius 2 is 1.90 bits per heavy atom. The molecule has 0 aliphatic heterocycles. The van der Waals surface area contributed by atoms with Crippen LogP contribution in [0.5, 0.6) is 5.75 Å². The molecule has 0 heterocycles. The van der Waals surface area contributed by atoms with Crippen LogP contribution < -0.4 is 4.74 Å². The molecule has 3 nitrogen and oxygen atoms in total. The zero-order valence-electron chi connectivity index (χ0n) is 10.1. The molecule has 0 unspecified atom stereocenters. The van der Waals surface area contributed by atoms with E-state index in [1.165, 1.54) is 36.4 Å². The molecule has 2 rings (SSSR count). The highest BCUT2D eigenvalue weighted by Gasteiger charge is 2.09. The molecule has 104 valence electrons.